The molecule has 0 bridgehead atoms. The number of hydrogen-bond donors (Lipinski definition) is 0. The summed E-state index contributed by atoms with van der Waals surface area (Å²) in [6.07, 6.45) is 8.93. The van der Waals surface area contributed by atoms with Crippen LogP contribution >= 0.6 is 0 Å². The standard InChI is InChI=1S/C20H14N6/c1-13-11-14(5-7-21-13)18-19(26-10-2-6-24-20(26)25-18)15-3-4-16-17(12-15)23-9-8-22-16/h2-12H,1H3. The average molecular weight is 338 g/mol. The Hall–Kier alpha value is -3.67. The summed E-state index contributed by atoms with van der Waals surface area (Å²) in [5.74, 6) is 0.659. The maximum absolute atomic E-state index is 4.77. The fourth-order valence-corrected chi connectivity index (χ4v) is 3.17. The predicted octanol–water partition coefficient (Wildman–Crippen LogP) is 3.71. The van der Waals surface area contributed by atoms with Crippen molar-refractivity contribution in [2.75, 3.05) is 0 Å². The second-order valence-electron chi connectivity index (χ2n) is 6.04. The Kier molecular flexibility index (Phi) is 3.21. The van der Waals surface area contributed by atoms with Crippen LogP contribution in [-0.2, 0) is 0 Å². The smallest absolute Gasteiger partial charge is 0.234 e. The summed E-state index contributed by atoms with van der Waals surface area (Å²) in [6.45, 7) is 1.98. The molecule has 0 aliphatic carbocycles. The molecule has 0 amide bonds. The van der Waals surface area contributed by atoms with E-state index in [0.29, 0.717) is 5.78 Å². The van der Waals surface area contributed by atoms with Gasteiger partial charge in [-0.15, -0.1) is 0 Å². The van der Waals surface area contributed by atoms with Crippen molar-refractivity contribution in [2.45, 2.75) is 6.92 Å². The molecule has 1 aromatic carbocycles. The fraction of sp³-hybridized carbons (Fsp3) is 0.0500. The van der Waals surface area contributed by atoms with Crippen LogP contribution in [0.2, 0.25) is 0 Å². The quantitative estimate of drug-likeness (QED) is 0.491. The van der Waals surface area contributed by atoms with Gasteiger partial charge in [0.15, 0.2) is 0 Å². The molecule has 0 fully saturated rings. The maximum Gasteiger partial charge on any atom is 0.234 e. The van der Waals surface area contributed by atoms with Gasteiger partial charge in [0.05, 0.1) is 22.4 Å². The van der Waals surface area contributed by atoms with E-state index in [4.69, 9.17) is 4.98 Å². The number of aromatic nitrogens is 6. The molecule has 0 aliphatic rings. The van der Waals surface area contributed by atoms with E-state index < -0.39 is 0 Å². The average Bonchev–Trinajstić information content (AvgIpc) is 3.07. The summed E-state index contributed by atoms with van der Waals surface area (Å²) in [5.41, 5.74) is 6.54. The Morgan fingerprint density at radius 1 is 0.769 bits per heavy atom. The molecular formula is C20H14N6. The first-order valence-electron chi connectivity index (χ1n) is 8.27. The largest absolute Gasteiger partial charge is 0.283 e. The van der Waals surface area contributed by atoms with Crippen LogP contribution < -0.4 is 0 Å². The van der Waals surface area contributed by atoms with E-state index in [1.54, 1.807) is 24.8 Å². The van der Waals surface area contributed by atoms with Crippen LogP contribution in [0.5, 0.6) is 0 Å². The summed E-state index contributed by atoms with van der Waals surface area (Å²) in [6, 6.07) is 12.0. The zero-order valence-corrected chi connectivity index (χ0v) is 14.0. The molecule has 4 aromatic heterocycles. The second kappa shape index (κ2) is 5.70. The summed E-state index contributed by atoms with van der Waals surface area (Å²) >= 11 is 0. The number of hydrogen-bond acceptors (Lipinski definition) is 5. The number of nitrogens with zero attached hydrogens (tertiary/aromatic N) is 6. The lowest BCUT2D eigenvalue weighted by Crippen LogP contribution is -1.92. The maximum atomic E-state index is 4.77. The van der Waals surface area contributed by atoms with Crippen molar-refractivity contribution >= 4 is 16.8 Å². The summed E-state index contributed by atoms with van der Waals surface area (Å²) in [7, 11) is 0. The first-order valence-corrected chi connectivity index (χ1v) is 8.27. The minimum atomic E-state index is 0.659. The molecule has 0 radical (unpaired) electrons. The summed E-state index contributed by atoms with van der Waals surface area (Å²) in [4.78, 5) is 22.3. The molecule has 0 saturated heterocycles. The molecule has 0 N–H and O–H groups in total. The van der Waals surface area contributed by atoms with E-state index in [1.165, 1.54) is 0 Å². The molecule has 0 aliphatic heterocycles. The minimum Gasteiger partial charge on any atom is -0.283 e. The fourth-order valence-electron chi connectivity index (χ4n) is 3.17. The lowest BCUT2D eigenvalue weighted by Gasteiger charge is -2.07. The van der Waals surface area contributed by atoms with Crippen LogP contribution in [0.3, 0.4) is 0 Å². The van der Waals surface area contributed by atoms with Crippen LogP contribution in [-0.4, -0.2) is 29.3 Å². The Balaban J connectivity index is 1.83. The third-order valence-corrected chi connectivity index (χ3v) is 4.32. The molecule has 5 rings (SSSR count). The zero-order valence-electron chi connectivity index (χ0n) is 14.0. The Bertz CT molecular complexity index is 1260. The van der Waals surface area contributed by atoms with Crippen molar-refractivity contribution in [2.24, 2.45) is 0 Å². The van der Waals surface area contributed by atoms with Gasteiger partial charge in [0.2, 0.25) is 5.78 Å². The third kappa shape index (κ3) is 2.31. The van der Waals surface area contributed by atoms with Crippen molar-refractivity contribution in [3.05, 3.63) is 73.1 Å². The molecule has 6 nitrogen and oxygen atoms in total. The van der Waals surface area contributed by atoms with Crippen molar-refractivity contribution in [1.82, 2.24) is 29.3 Å². The van der Waals surface area contributed by atoms with Crippen LogP contribution in [0.15, 0.2) is 67.4 Å². The Labute approximate surface area is 149 Å². The van der Waals surface area contributed by atoms with E-state index >= 15 is 0 Å². The number of pyridine rings is 1. The molecule has 4 heterocycles. The van der Waals surface area contributed by atoms with Gasteiger partial charge in [-0.25, -0.2) is 9.97 Å². The van der Waals surface area contributed by atoms with Gasteiger partial charge in [-0.1, -0.05) is 6.07 Å². The van der Waals surface area contributed by atoms with E-state index in [2.05, 4.69) is 19.9 Å². The SMILES string of the molecule is Cc1cc(-c2nc3ncccn3c2-c2ccc3nccnc3c2)ccn1. The highest BCUT2D eigenvalue weighted by Crippen LogP contribution is 2.33. The molecule has 5 aromatic rings. The van der Waals surface area contributed by atoms with E-state index in [-0.39, 0.29) is 0 Å². The van der Waals surface area contributed by atoms with Gasteiger partial charge in [-0.05, 0) is 37.3 Å². The topological polar surface area (TPSA) is 68.9 Å². The highest BCUT2D eigenvalue weighted by Gasteiger charge is 2.17. The van der Waals surface area contributed by atoms with E-state index in [0.717, 1.165) is 39.2 Å². The van der Waals surface area contributed by atoms with Gasteiger partial charge in [-0.3, -0.25) is 19.4 Å². The van der Waals surface area contributed by atoms with Crippen molar-refractivity contribution in [1.29, 1.82) is 0 Å². The molecule has 0 unspecified atom stereocenters. The Morgan fingerprint density at radius 3 is 2.54 bits per heavy atom. The predicted molar refractivity (Wildman–Crippen MR) is 99.5 cm³/mol. The van der Waals surface area contributed by atoms with Gasteiger partial charge in [0.1, 0.15) is 0 Å². The van der Waals surface area contributed by atoms with E-state index in [9.17, 15) is 0 Å². The van der Waals surface area contributed by atoms with Crippen LogP contribution in [0.4, 0.5) is 0 Å². The molecule has 124 valence electrons. The van der Waals surface area contributed by atoms with Gasteiger partial charge in [0.25, 0.3) is 0 Å². The molecule has 6 heteroatoms. The van der Waals surface area contributed by atoms with Gasteiger partial charge in [0, 0.05) is 47.8 Å². The van der Waals surface area contributed by atoms with Crippen LogP contribution in [0.25, 0.3) is 39.3 Å². The highest BCUT2D eigenvalue weighted by atomic mass is 15.1. The normalized spacial score (nSPS) is 11.3. The molecule has 0 atom stereocenters. The number of benzene rings is 1. The monoisotopic (exact) mass is 338 g/mol. The van der Waals surface area contributed by atoms with Crippen LogP contribution in [0, 0.1) is 6.92 Å². The van der Waals surface area contributed by atoms with Gasteiger partial charge >= 0.3 is 0 Å². The number of rotatable bonds is 2. The highest BCUT2D eigenvalue weighted by molar-refractivity contribution is 5.86. The summed E-state index contributed by atoms with van der Waals surface area (Å²) in [5, 5.41) is 0. The molecular weight excluding hydrogens is 324 g/mol. The number of imidazole rings is 1. The zero-order chi connectivity index (χ0) is 17.5. The number of aryl methyl sites for hydroxylation is 1. The van der Waals surface area contributed by atoms with Crippen LogP contribution in [0.1, 0.15) is 5.69 Å². The first kappa shape index (κ1) is 14.7. The van der Waals surface area contributed by atoms with Gasteiger partial charge < -0.3 is 0 Å². The molecule has 0 saturated carbocycles. The lowest BCUT2D eigenvalue weighted by molar-refractivity contribution is 1.11. The van der Waals surface area contributed by atoms with Gasteiger partial charge in [-0.2, -0.15) is 0 Å². The molecule has 26 heavy (non-hydrogen) atoms. The third-order valence-electron chi connectivity index (χ3n) is 4.32. The summed E-state index contributed by atoms with van der Waals surface area (Å²) < 4.78 is 2.00. The minimum absolute atomic E-state index is 0.659. The lowest BCUT2D eigenvalue weighted by atomic mass is 10.0. The Morgan fingerprint density at radius 2 is 1.65 bits per heavy atom. The molecule has 0 spiro atoms. The number of fused-ring (bicyclic) bond motifs is 2. The van der Waals surface area contributed by atoms with Crippen molar-refractivity contribution in [3.63, 3.8) is 0 Å². The first-order chi connectivity index (χ1) is 12.8. The van der Waals surface area contributed by atoms with Crippen molar-refractivity contribution in [3.8, 4) is 22.5 Å². The van der Waals surface area contributed by atoms with E-state index in [1.807, 2.05) is 53.9 Å². The second-order valence-corrected chi connectivity index (χ2v) is 6.04. The van der Waals surface area contributed by atoms with Crippen molar-refractivity contribution < 1.29 is 0 Å².